The van der Waals surface area contributed by atoms with Crippen LogP contribution >= 0.6 is 27.7 Å². The summed E-state index contributed by atoms with van der Waals surface area (Å²) in [7, 11) is 0. The lowest BCUT2D eigenvalue weighted by atomic mass is 10.1. The van der Waals surface area contributed by atoms with Crippen LogP contribution in [0.5, 0.6) is 0 Å². The van der Waals surface area contributed by atoms with Crippen molar-refractivity contribution in [3.05, 3.63) is 34.1 Å². The molecule has 0 aliphatic carbocycles. The molecule has 98 valence electrons. The number of rotatable bonds is 1. The summed E-state index contributed by atoms with van der Waals surface area (Å²) in [5.41, 5.74) is 0.415. The van der Waals surface area contributed by atoms with Gasteiger partial charge in [0, 0.05) is 29.2 Å². The summed E-state index contributed by atoms with van der Waals surface area (Å²) in [6.07, 6.45) is 0. The zero-order valence-electron chi connectivity index (χ0n) is 10.4. The minimum absolute atomic E-state index is 0.0712. The van der Waals surface area contributed by atoms with Crippen LogP contribution in [0.3, 0.4) is 0 Å². The van der Waals surface area contributed by atoms with E-state index in [2.05, 4.69) is 29.8 Å². The lowest BCUT2D eigenvalue weighted by Gasteiger charge is -2.37. The molecule has 0 bridgehead atoms. The third-order valence-electron chi connectivity index (χ3n) is 2.88. The van der Waals surface area contributed by atoms with Crippen LogP contribution in [0.2, 0.25) is 0 Å². The predicted octanol–water partition coefficient (Wildman–Crippen LogP) is 3.56. The van der Waals surface area contributed by atoms with Gasteiger partial charge in [-0.05, 0) is 48.0 Å². The molecule has 1 aromatic rings. The molecule has 2 rings (SSSR count). The van der Waals surface area contributed by atoms with Crippen molar-refractivity contribution in [2.75, 3.05) is 18.8 Å². The topological polar surface area (TPSA) is 20.3 Å². The van der Waals surface area contributed by atoms with Crippen molar-refractivity contribution < 1.29 is 9.18 Å². The van der Waals surface area contributed by atoms with E-state index in [1.165, 1.54) is 6.07 Å². The van der Waals surface area contributed by atoms with Gasteiger partial charge in [0.1, 0.15) is 5.82 Å². The molecule has 0 unspecified atom stereocenters. The third kappa shape index (κ3) is 3.06. The fourth-order valence-corrected chi connectivity index (χ4v) is 3.36. The Hall–Kier alpha value is -0.550. The smallest absolute Gasteiger partial charge is 0.254 e. The Morgan fingerprint density at radius 2 is 2.22 bits per heavy atom. The maximum Gasteiger partial charge on any atom is 0.254 e. The zero-order chi connectivity index (χ0) is 13.3. The number of thioether (sulfide) groups is 1. The molecule has 1 amide bonds. The zero-order valence-corrected chi connectivity index (χ0v) is 12.8. The number of hydrogen-bond acceptors (Lipinski definition) is 2. The highest BCUT2D eigenvalue weighted by Crippen LogP contribution is 2.30. The number of amides is 1. The second kappa shape index (κ2) is 5.21. The number of hydrogen-bond donors (Lipinski definition) is 0. The molecule has 1 aromatic carbocycles. The second-order valence-corrected chi connectivity index (χ2v) is 7.62. The Balaban J connectivity index is 2.18. The maximum atomic E-state index is 13.4. The van der Waals surface area contributed by atoms with E-state index in [-0.39, 0.29) is 10.7 Å². The third-order valence-corrected chi connectivity index (χ3v) is 4.82. The predicted molar refractivity (Wildman–Crippen MR) is 76.5 cm³/mol. The van der Waals surface area contributed by atoms with Crippen molar-refractivity contribution >= 4 is 33.6 Å². The van der Waals surface area contributed by atoms with Gasteiger partial charge in [-0.15, -0.1) is 0 Å². The van der Waals surface area contributed by atoms with E-state index in [4.69, 9.17) is 0 Å². The van der Waals surface area contributed by atoms with E-state index in [1.54, 1.807) is 17.0 Å². The SMILES string of the molecule is CC1(C)CN(C(=O)c2ccc(Br)c(F)c2)CCS1. The van der Waals surface area contributed by atoms with Gasteiger partial charge in [0.25, 0.3) is 5.91 Å². The van der Waals surface area contributed by atoms with Gasteiger partial charge in [-0.3, -0.25) is 4.79 Å². The van der Waals surface area contributed by atoms with Crippen molar-refractivity contribution in [2.24, 2.45) is 0 Å². The first-order valence-corrected chi connectivity index (χ1v) is 7.55. The Morgan fingerprint density at radius 3 is 2.83 bits per heavy atom. The lowest BCUT2D eigenvalue weighted by Crippen LogP contribution is -2.46. The quantitative estimate of drug-likeness (QED) is 0.784. The van der Waals surface area contributed by atoms with Gasteiger partial charge >= 0.3 is 0 Å². The van der Waals surface area contributed by atoms with Gasteiger partial charge in [-0.25, -0.2) is 4.39 Å². The van der Waals surface area contributed by atoms with Crippen LogP contribution in [0, 0.1) is 5.82 Å². The molecule has 0 aromatic heterocycles. The summed E-state index contributed by atoms with van der Waals surface area (Å²) in [4.78, 5) is 14.1. The van der Waals surface area contributed by atoms with E-state index in [1.807, 2.05) is 11.8 Å². The molecule has 5 heteroatoms. The molecule has 2 nitrogen and oxygen atoms in total. The van der Waals surface area contributed by atoms with Crippen molar-refractivity contribution in [3.63, 3.8) is 0 Å². The molecule has 18 heavy (non-hydrogen) atoms. The monoisotopic (exact) mass is 331 g/mol. The van der Waals surface area contributed by atoms with Crippen LogP contribution in [0.4, 0.5) is 4.39 Å². The minimum atomic E-state index is -0.397. The maximum absolute atomic E-state index is 13.4. The summed E-state index contributed by atoms with van der Waals surface area (Å²) in [6, 6.07) is 4.53. The Labute approximate surface area is 119 Å². The molecular weight excluding hydrogens is 317 g/mol. The molecule has 0 atom stereocenters. The second-order valence-electron chi connectivity index (χ2n) is 4.96. The molecule has 0 radical (unpaired) electrons. The molecule has 0 N–H and O–H groups in total. The average molecular weight is 332 g/mol. The van der Waals surface area contributed by atoms with Crippen LogP contribution in [0.15, 0.2) is 22.7 Å². The van der Waals surface area contributed by atoms with Crippen molar-refractivity contribution in [3.8, 4) is 0 Å². The largest absolute Gasteiger partial charge is 0.336 e. The summed E-state index contributed by atoms with van der Waals surface area (Å²) in [5, 5.41) is 0. The molecule has 1 aliphatic heterocycles. The first-order chi connectivity index (χ1) is 8.39. The van der Waals surface area contributed by atoms with Crippen molar-refractivity contribution in [2.45, 2.75) is 18.6 Å². The number of carbonyl (C=O) groups is 1. The molecule has 1 heterocycles. The Morgan fingerprint density at radius 1 is 1.50 bits per heavy atom. The summed E-state index contributed by atoms with van der Waals surface area (Å²) in [5.74, 6) is 0.443. The Kier molecular flexibility index (Phi) is 4.02. The van der Waals surface area contributed by atoms with Gasteiger partial charge in [-0.2, -0.15) is 11.8 Å². The fourth-order valence-electron chi connectivity index (χ4n) is 2.00. The minimum Gasteiger partial charge on any atom is -0.336 e. The van der Waals surface area contributed by atoms with E-state index >= 15 is 0 Å². The van der Waals surface area contributed by atoms with Gasteiger partial charge in [0.2, 0.25) is 0 Å². The number of carbonyl (C=O) groups excluding carboxylic acids is 1. The van der Waals surface area contributed by atoms with Crippen LogP contribution < -0.4 is 0 Å². The summed E-state index contributed by atoms with van der Waals surface area (Å²) in [6.45, 7) is 5.68. The number of halogens is 2. The normalized spacial score (nSPS) is 18.8. The lowest BCUT2D eigenvalue weighted by molar-refractivity contribution is 0.0747. The molecular formula is C13H15BrFNOS. The molecule has 1 aliphatic rings. The summed E-state index contributed by atoms with van der Waals surface area (Å²) < 4.78 is 13.9. The standard InChI is InChI=1S/C13H15BrFNOS/c1-13(2)8-16(5-6-18-13)12(17)9-3-4-10(14)11(15)7-9/h3-4,7H,5-6,8H2,1-2H3. The average Bonchev–Trinajstić information content (AvgIpc) is 2.30. The van der Waals surface area contributed by atoms with Gasteiger partial charge in [-0.1, -0.05) is 0 Å². The van der Waals surface area contributed by atoms with Gasteiger partial charge < -0.3 is 4.90 Å². The van der Waals surface area contributed by atoms with Crippen LogP contribution in [0.25, 0.3) is 0 Å². The molecule has 1 fully saturated rings. The highest BCUT2D eigenvalue weighted by molar-refractivity contribution is 9.10. The van der Waals surface area contributed by atoms with E-state index in [0.29, 0.717) is 16.6 Å². The van der Waals surface area contributed by atoms with Crippen molar-refractivity contribution in [1.82, 2.24) is 4.90 Å². The van der Waals surface area contributed by atoms with Gasteiger partial charge in [0.05, 0.1) is 4.47 Å². The molecule has 1 saturated heterocycles. The highest BCUT2D eigenvalue weighted by Gasteiger charge is 2.30. The van der Waals surface area contributed by atoms with Crippen molar-refractivity contribution in [1.29, 1.82) is 0 Å². The van der Waals surface area contributed by atoms with E-state index in [9.17, 15) is 9.18 Å². The first kappa shape index (κ1) is 13.9. The van der Waals surface area contributed by atoms with E-state index < -0.39 is 5.82 Å². The number of nitrogens with zero attached hydrogens (tertiary/aromatic N) is 1. The fraction of sp³-hybridized carbons (Fsp3) is 0.462. The number of benzene rings is 1. The summed E-state index contributed by atoms with van der Waals surface area (Å²) >= 11 is 4.96. The Bertz CT molecular complexity index is 478. The van der Waals surface area contributed by atoms with Crippen LogP contribution in [-0.2, 0) is 0 Å². The molecule has 0 saturated carbocycles. The highest BCUT2D eigenvalue weighted by atomic mass is 79.9. The molecule has 0 spiro atoms. The van der Waals surface area contributed by atoms with E-state index in [0.717, 1.165) is 12.3 Å². The van der Waals surface area contributed by atoms with Gasteiger partial charge in [0.15, 0.2) is 0 Å². The first-order valence-electron chi connectivity index (χ1n) is 5.77. The van der Waals surface area contributed by atoms with Crippen LogP contribution in [-0.4, -0.2) is 34.4 Å². The van der Waals surface area contributed by atoms with Crippen LogP contribution in [0.1, 0.15) is 24.2 Å².